The van der Waals surface area contributed by atoms with Crippen LogP contribution in [0.3, 0.4) is 0 Å². The summed E-state index contributed by atoms with van der Waals surface area (Å²) in [5.74, 6) is 0. The predicted molar refractivity (Wildman–Crippen MR) is 56.8 cm³/mol. The molecule has 0 aromatic rings. The molecule has 0 N–H and O–H groups in total. The number of nitrogens with zero attached hydrogens (tertiary/aromatic N) is 1. The fraction of sp³-hybridized carbons (Fsp3) is 0.833. The Morgan fingerprint density at radius 2 is 1.92 bits per heavy atom. The van der Waals surface area contributed by atoms with E-state index in [9.17, 15) is 0 Å². The minimum atomic E-state index is 0.882. The van der Waals surface area contributed by atoms with Crippen LogP contribution >= 0.6 is 0 Å². The second kappa shape index (κ2) is 4.28. The molecule has 0 radical (unpaired) electrons. The van der Waals surface area contributed by atoms with Gasteiger partial charge in [0.05, 0.1) is 0 Å². The Hall–Kier alpha value is -0.300. The average molecular weight is 179 g/mol. The Morgan fingerprint density at radius 1 is 1.08 bits per heavy atom. The van der Waals surface area contributed by atoms with Gasteiger partial charge in [0, 0.05) is 12.1 Å². The van der Waals surface area contributed by atoms with Crippen molar-refractivity contribution in [1.29, 1.82) is 0 Å². The molecular formula is C12H21N. The second-order valence-electron chi connectivity index (χ2n) is 4.44. The van der Waals surface area contributed by atoms with Crippen molar-refractivity contribution >= 4 is 0 Å². The van der Waals surface area contributed by atoms with Crippen molar-refractivity contribution in [3.05, 3.63) is 12.2 Å². The molecule has 0 saturated carbocycles. The van der Waals surface area contributed by atoms with Crippen LogP contribution in [0.5, 0.6) is 0 Å². The molecule has 2 rings (SSSR count). The first-order chi connectivity index (χ1) is 6.39. The smallest absolute Gasteiger partial charge is 0.0255 e. The van der Waals surface area contributed by atoms with E-state index in [0.717, 1.165) is 12.1 Å². The first-order valence-corrected chi connectivity index (χ1v) is 5.80. The third-order valence-electron chi connectivity index (χ3n) is 3.50. The van der Waals surface area contributed by atoms with Crippen molar-refractivity contribution in [3.8, 4) is 0 Å². The maximum Gasteiger partial charge on any atom is 0.0255 e. The molecule has 0 aliphatic carbocycles. The summed E-state index contributed by atoms with van der Waals surface area (Å²) in [6.45, 7) is 3.73. The SMILES string of the molecule is CC1C2CC/C=C\CCCCCN12. The average Bonchev–Trinajstić information content (AvgIpc) is 2.75. The highest BCUT2D eigenvalue weighted by atomic mass is 15.3. The van der Waals surface area contributed by atoms with Crippen LogP contribution in [0.15, 0.2) is 12.2 Å². The molecule has 0 aromatic heterocycles. The van der Waals surface area contributed by atoms with Crippen molar-refractivity contribution in [1.82, 2.24) is 4.90 Å². The van der Waals surface area contributed by atoms with E-state index in [-0.39, 0.29) is 0 Å². The molecule has 2 heterocycles. The summed E-state index contributed by atoms with van der Waals surface area (Å²) in [5, 5.41) is 0. The van der Waals surface area contributed by atoms with Gasteiger partial charge in [-0.1, -0.05) is 18.6 Å². The lowest BCUT2D eigenvalue weighted by Gasteiger charge is -2.01. The molecule has 1 heteroatoms. The lowest BCUT2D eigenvalue weighted by molar-refractivity contribution is 0.451. The Kier molecular flexibility index (Phi) is 3.05. The van der Waals surface area contributed by atoms with Gasteiger partial charge in [0.1, 0.15) is 0 Å². The minimum Gasteiger partial charge on any atom is -0.295 e. The van der Waals surface area contributed by atoms with Gasteiger partial charge >= 0.3 is 0 Å². The Labute approximate surface area is 81.8 Å². The zero-order chi connectivity index (χ0) is 9.10. The van der Waals surface area contributed by atoms with E-state index in [1.165, 1.54) is 45.1 Å². The van der Waals surface area contributed by atoms with Crippen LogP contribution in [0.4, 0.5) is 0 Å². The quantitative estimate of drug-likeness (QED) is 0.408. The Balaban J connectivity index is 1.82. The molecule has 1 saturated heterocycles. The van der Waals surface area contributed by atoms with Gasteiger partial charge in [0.25, 0.3) is 0 Å². The van der Waals surface area contributed by atoms with Crippen molar-refractivity contribution in [2.24, 2.45) is 0 Å². The number of allylic oxidation sites excluding steroid dienone is 2. The van der Waals surface area contributed by atoms with E-state index in [4.69, 9.17) is 0 Å². The molecule has 2 aliphatic rings. The van der Waals surface area contributed by atoms with Crippen LogP contribution in [0.25, 0.3) is 0 Å². The highest BCUT2D eigenvalue weighted by Gasteiger charge is 2.41. The van der Waals surface area contributed by atoms with E-state index < -0.39 is 0 Å². The van der Waals surface area contributed by atoms with Gasteiger partial charge in [0.15, 0.2) is 0 Å². The van der Waals surface area contributed by atoms with Gasteiger partial charge in [0.2, 0.25) is 0 Å². The van der Waals surface area contributed by atoms with Crippen LogP contribution in [0, 0.1) is 0 Å². The van der Waals surface area contributed by atoms with Gasteiger partial charge in [-0.3, -0.25) is 4.90 Å². The molecule has 3 atom stereocenters. The van der Waals surface area contributed by atoms with Crippen molar-refractivity contribution < 1.29 is 0 Å². The molecule has 0 amide bonds. The van der Waals surface area contributed by atoms with Crippen molar-refractivity contribution in [3.63, 3.8) is 0 Å². The van der Waals surface area contributed by atoms with Crippen molar-refractivity contribution in [2.75, 3.05) is 6.54 Å². The normalized spacial score (nSPS) is 43.0. The highest BCUT2D eigenvalue weighted by Crippen LogP contribution is 2.32. The maximum absolute atomic E-state index is 2.67. The summed E-state index contributed by atoms with van der Waals surface area (Å²) < 4.78 is 0. The van der Waals surface area contributed by atoms with Crippen LogP contribution in [0.2, 0.25) is 0 Å². The number of fused-ring (bicyclic) bond motifs is 1. The van der Waals surface area contributed by atoms with Gasteiger partial charge in [-0.25, -0.2) is 0 Å². The third-order valence-corrected chi connectivity index (χ3v) is 3.50. The minimum absolute atomic E-state index is 0.882. The van der Waals surface area contributed by atoms with Gasteiger partial charge in [-0.15, -0.1) is 0 Å². The van der Waals surface area contributed by atoms with Crippen molar-refractivity contribution in [2.45, 2.75) is 57.5 Å². The predicted octanol–water partition coefficient (Wildman–Crippen LogP) is 2.97. The second-order valence-corrected chi connectivity index (χ2v) is 4.44. The number of hydrogen-bond acceptors (Lipinski definition) is 1. The summed E-state index contributed by atoms with van der Waals surface area (Å²) in [5.41, 5.74) is 0. The largest absolute Gasteiger partial charge is 0.295 e. The first kappa shape index (κ1) is 9.26. The van der Waals surface area contributed by atoms with Crippen LogP contribution in [-0.2, 0) is 0 Å². The van der Waals surface area contributed by atoms with Gasteiger partial charge < -0.3 is 0 Å². The van der Waals surface area contributed by atoms with Gasteiger partial charge in [-0.05, 0) is 45.6 Å². The highest BCUT2D eigenvalue weighted by molar-refractivity contribution is 5.00. The van der Waals surface area contributed by atoms with E-state index in [1.807, 2.05) is 0 Å². The maximum atomic E-state index is 2.67. The standard InChI is InChI=1S/C12H21N/c1-11-12-9-7-5-3-2-4-6-8-10-13(11)12/h3,5,11-12H,2,4,6-10H2,1H3/b5-3-. The molecule has 74 valence electrons. The topological polar surface area (TPSA) is 3.01 Å². The summed E-state index contributed by atoms with van der Waals surface area (Å²) in [6, 6.07) is 1.80. The molecule has 0 aromatic carbocycles. The lowest BCUT2D eigenvalue weighted by atomic mass is 10.1. The number of rotatable bonds is 0. The van der Waals surface area contributed by atoms with Gasteiger partial charge in [-0.2, -0.15) is 0 Å². The lowest BCUT2D eigenvalue weighted by Crippen LogP contribution is -2.04. The number of hydrogen-bond donors (Lipinski definition) is 0. The molecule has 1 fully saturated rings. The summed E-state index contributed by atoms with van der Waals surface area (Å²) in [7, 11) is 0. The zero-order valence-corrected chi connectivity index (χ0v) is 8.71. The van der Waals surface area contributed by atoms with Crippen LogP contribution in [0.1, 0.15) is 45.4 Å². The monoisotopic (exact) mass is 179 g/mol. The first-order valence-electron chi connectivity index (χ1n) is 5.80. The summed E-state index contributed by atoms with van der Waals surface area (Å²) >= 11 is 0. The molecule has 13 heavy (non-hydrogen) atoms. The fourth-order valence-electron chi connectivity index (χ4n) is 2.49. The summed E-state index contributed by atoms with van der Waals surface area (Å²) in [4.78, 5) is 2.67. The van der Waals surface area contributed by atoms with Crippen LogP contribution in [-0.4, -0.2) is 23.5 Å². The fourth-order valence-corrected chi connectivity index (χ4v) is 2.49. The van der Waals surface area contributed by atoms with E-state index in [2.05, 4.69) is 24.0 Å². The third kappa shape index (κ3) is 2.34. The summed E-state index contributed by atoms with van der Waals surface area (Å²) in [6.07, 6.45) is 13.0. The Bertz CT molecular complexity index is 186. The molecule has 3 unspecified atom stereocenters. The Morgan fingerprint density at radius 3 is 2.85 bits per heavy atom. The molecule has 1 nitrogen and oxygen atoms in total. The van der Waals surface area contributed by atoms with E-state index in [1.54, 1.807) is 0 Å². The molecule has 2 aliphatic heterocycles. The molecule has 0 spiro atoms. The molecular weight excluding hydrogens is 158 g/mol. The zero-order valence-electron chi connectivity index (χ0n) is 8.71. The van der Waals surface area contributed by atoms with Crippen LogP contribution < -0.4 is 0 Å². The van der Waals surface area contributed by atoms with E-state index >= 15 is 0 Å². The van der Waals surface area contributed by atoms with E-state index in [0.29, 0.717) is 0 Å². The molecule has 0 bridgehead atoms.